The van der Waals surface area contributed by atoms with E-state index in [1.54, 1.807) is 0 Å². The van der Waals surface area contributed by atoms with Gasteiger partial charge in [0.1, 0.15) is 12.6 Å². The third kappa shape index (κ3) is 2.22. The predicted molar refractivity (Wildman–Crippen MR) is 49.3 cm³/mol. The first kappa shape index (κ1) is 12.2. The number of hydrogen-bond donors (Lipinski definition) is 0. The SMILES string of the molecule is O=C1C[N+]2(COCCl)CCC1CC2.[Cl-]. The van der Waals surface area contributed by atoms with Gasteiger partial charge in [-0.05, 0) is 0 Å². The molecule has 3 aliphatic rings. The number of alkyl halides is 1. The number of nitrogens with zero attached hydrogens (tertiary/aromatic N) is 1. The molecule has 0 amide bonds. The number of hydrogen-bond acceptors (Lipinski definition) is 2. The highest BCUT2D eigenvalue weighted by molar-refractivity contribution is 6.17. The Morgan fingerprint density at radius 1 is 1.43 bits per heavy atom. The smallest absolute Gasteiger partial charge is 0.190 e. The standard InChI is InChI=1S/C9H15ClNO2.ClH/c10-6-13-7-11-3-1-8(2-4-11)9(12)5-11;/h8H,1-7H2;1H/q+1;/p-1. The molecule has 3 saturated heterocycles. The van der Waals surface area contributed by atoms with Crippen molar-refractivity contribution in [3.8, 4) is 0 Å². The predicted octanol–water partition coefficient (Wildman–Crippen LogP) is -2.03. The summed E-state index contributed by atoms with van der Waals surface area (Å²) in [4.78, 5) is 11.5. The number of ether oxygens (including phenoxy) is 1. The Kier molecular flexibility index (Phi) is 4.19. The number of fused-ring (bicyclic) bond motifs is 3. The summed E-state index contributed by atoms with van der Waals surface area (Å²) < 4.78 is 6.05. The van der Waals surface area contributed by atoms with Crippen LogP contribution in [0.3, 0.4) is 0 Å². The van der Waals surface area contributed by atoms with Gasteiger partial charge in [-0.1, -0.05) is 11.6 Å². The molecule has 82 valence electrons. The molecule has 0 aromatic rings. The molecule has 0 aromatic carbocycles. The average Bonchev–Trinajstić information content (AvgIpc) is 2.16. The van der Waals surface area contributed by atoms with Crippen LogP contribution in [0.4, 0.5) is 0 Å². The van der Waals surface area contributed by atoms with Gasteiger partial charge in [0.25, 0.3) is 0 Å². The zero-order chi connectivity index (χ0) is 9.31. The summed E-state index contributed by atoms with van der Waals surface area (Å²) in [6, 6.07) is 0.234. The number of rotatable bonds is 3. The van der Waals surface area contributed by atoms with Crippen LogP contribution in [0.2, 0.25) is 0 Å². The maximum absolute atomic E-state index is 11.5. The zero-order valence-corrected chi connectivity index (χ0v) is 9.56. The Labute approximate surface area is 95.3 Å². The van der Waals surface area contributed by atoms with Gasteiger partial charge in [0.15, 0.2) is 12.5 Å². The Balaban J connectivity index is 0.000000980. The van der Waals surface area contributed by atoms with E-state index < -0.39 is 0 Å². The normalized spacial score (nSPS) is 35.5. The second kappa shape index (κ2) is 4.79. The van der Waals surface area contributed by atoms with Crippen LogP contribution >= 0.6 is 11.6 Å². The third-order valence-electron chi connectivity index (χ3n) is 3.29. The molecule has 0 spiro atoms. The molecule has 0 saturated carbocycles. The van der Waals surface area contributed by atoms with Crippen molar-refractivity contribution in [3.63, 3.8) is 0 Å². The summed E-state index contributed by atoms with van der Waals surface area (Å²) in [5.74, 6) is 0.784. The highest BCUT2D eigenvalue weighted by Crippen LogP contribution is 2.31. The van der Waals surface area contributed by atoms with Crippen LogP contribution in [0.1, 0.15) is 12.8 Å². The summed E-state index contributed by atoms with van der Waals surface area (Å²) in [5.41, 5.74) is 0. The Bertz CT molecular complexity index is 215. The van der Waals surface area contributed by atoms with Crippen molar-refractivity contribution in [2.45, 2.75) is 12.8 Å². The quantitative estimate of drug-likeness (QED) is 0.420. The van der Waals surface area contributed by atoms with Crippen LogP contribution in [0.25, 0.3) is 0 Å². The van der Waals surface area contributed by atoms with Crippen molar-refractivity contribution in [3.05, 3.63) is 0 Å². The highest BCUT2D eigenvalue weighted by Gasteiger charge is 2.44. The van der Waals surface area contributed by atoms with Gasteiger partial charge in [-0.2, -0.15) is 0 Å². The van der Waals surface area contributed by atoms with Crippen molar-refractivity contribution in [2.24, 2.45) is 5.92 Å². The number of piperidine rings is 3. The summed E-state index contributed by atoms with van der Waals surface area (Å²) in [6.45, 7) is 3.46. The second-order valence-electron chi connectivity index (χ2n) is 4.13. The Morgan fingerprint density at radius 3 is 2.57 bits per heavy atom. The van der Waals surface area contributed by atoms with Gasteiger partial charge in [-0.25, -0.2) is 0 Å². The molecule has 0 unspecified atom stereocenters. The van der Waals surface area contributed by atoms with Gasteiger partial charge in [0.05, 0.1) is 13.1 Å². The number of ketones is 1. The minimum atomic E-state index is 0. The van der Waals surface area contributed by atoms with Crippen molar-refractivity contribution < 1.29 is 26.4 Å². The minimum absolute atomic E-state index is 0. The summed E-state index contributed by atoms with van der Waals surface area (Å²) >= 11 is 5.47. The Hall–Kier alpha value is 0.170. The van der Waals surface area contributed by atoms with E-state index >= 15 is 0 Å². The number of carbonyl (C=O) groups excluding carboxylic acids is 1. The molecule has 0 aliphatic carbocycles. The molecule has 3 heterocycles. The van der Waals surface area contributed by atoms with Crippen molar-refractivity contribution in [2.75, 3.05) is 32.4 Å². The van der Waals surface area contributed by atoms with Crippen molar-refractivity contribution >= 4 is 17.4 Å². The number of halogens is 2. The van der Waals surface area contributed by atoms with E-state index in [4.69, 9.17) is 16.3 Å². The first-order valence-corrected chi connectivity index (χ1v) is 5.31. The fraction of sp³-hybridized carbons (Fsp3) is 0.889. The van der Waals surface area contributed by atoms with Crippen molar-refractivity contribution in [1.82, 2.24) is 0 Å². The topological polar surface area (TPSA) is 26.3 Å². The fourth-order valence-corrected chi connectivity index (χ4v) is 2.53. The number of carbonyl (C=O) groups is 1. The second-order valence-corrected chi connectivity index (χ2v) is 4.35. The molecule has 2 bridgehead atoms. The molecule has 5 heteroatoms. The molecule has 0 N–H and O–H groups in total. The molecule has 0 aromatic heterocycles. The zero-order valence-electron chi connectivity index (χ0n) is 8.05. The van der Waals surface area contributed by atoms with Crippen molar-refractivity contribution in [1.29, 1.82) is 0 Å². The van der Waals surface area contributed by atoms with Crippen LogP contribution in [0.5, 0.6) is 0 Å². The van der Waals surface area contributed by atoms with Gasteiger partial charge in [-0.3, -0.25) is 9.28 Å². The Morgan fingerprint density at radius 2 is 2.07 bits per heavy atom. The lowest BCUT2D eigenvalue weighted by Crippen LogP contribution is -3.00. The lowest BCUT2D eigenvalue weighted by Gasteiger charge is -2.47. The molecular weight excluding hydrogens is 225 g/mol. The lowest BCUT2D eigenvalue weighted by molar-refractivity contribution is -0.948. The minimum Gasteiger partial charge on any atom is -1.00 e. The lowest BCUT2D eigenvalue weighted by atomic mass is 9.85. The first-order chi connectivity index (χ1) is 6.26. The summed E-state index contributed by atoms with van der Waals surface area (Å²) in [6.07, 6.45) is 2.09. The van der Waals surface area contributed by atoms with Crippen LogP contribution in [-0.2, 0) is 9.53 Å². The largest absolute Gasteiger partial charge is 1.00 e. The van der Waals surface area contributed by atoms with Gasteiger partial charge in [-0.15, -0.1) is 0 Å². The molecule has 0 radical (unpaired) electrons. The van der Waals surface area contributed by atoms with Crippen LogP contribution < -0.4 is 12.4 Å². The van der Waals surface area contributed by atoms with E-state index in [9.17, 15) is 4.79 Å². The fourth-order valence-electron chi connectivity index (χ4n) is 2.46. The molecular formula is C9H15Cl2NO2. The van der Waals surface area contributed by atoms with Gasteiger partial charge in [0, 0.05) is 18.8 Å². The van der Waals surface area contributed by atoms with Crippen LogP contribution in [0.15, 0.2) is 0 Å². The van der Waals surface area contributed by atoms with E-state index in [0.717, 1.165) is 30.4 Å². The molecule has 0 atom stereocenters. The van der Waals surface area contributed by atoms with E-state index in [1.165, 1.54) is 0 Å². The highest BCUT2D eigenvalue weighted by atomic mass is 35.5. The van der Waals surface area contributed by atoms with Gasteiger partial charge in [0.2, 0.25) is 0 Å². The van der Waals surface area contributed by atoms with E-state index in [2.05, 4.69) is 0 Å². The molecule has 14 heavy (non-hydrogen) atoms. The van der Waals surface area contributed by atoms with E-state index in [0.29, 0.717) is 25.0 Å². The summed E-state index contributed by atoms with van der Waals surface area (Å²) in [5, 5.41) is 0. The monoisotopic (exact) mass is 239 g/mol. The summed E-state index contributed by atoms with van der Waals surface area (Å²) in [7, 11) is 0. The molecule has 3 rings (SSSR count). The maximum Gasteiger partial charge on any atom is 0.190 e. The average molecular weight is 240 g/mol. The van der Waals surface area contributed by atoms with Crippen LogP contribution in [-0.4, -0.2) is 42.7 Å². The van der Waals surface area contributed by atoms with E-state index in [-0.39, 0.29) is 18.5 Å². The molecule has 3 fully saturated rings. The van der Waals surface area contributed by atoms with Crippen LogP contribution in [0, 0.1) is 5.92 Å². The van der Waals surface area contributed by atoms with E-state index in [1.807, 2.05) is 0 Å². The number of Topliss-reactive ketones (excluding diaryl/α,β-unsaturated/α-hetero) is 1. The van der Waals surface area contributed by atoms with Gasteiger partial charge >= 0.3 is 0 Å². The molecule has 3 nitrogen and oxygen atoms in total. The molecule has 3 aliphatic heterocycles. The number of quaternary nitrogens is 1. The van der Waals surface area contributed by atoms with Gasteiger partial charge < -0.3 is 17.1 Å². The first-order valence-electron chi connectivity index (χ1n) is 4.77. The maximum atomic E-state index is 11.5. The third-order valence-corrected chi connectivity index (χ3v) is 3.45.